The second-order valence-electron chi connectivity index (χ2n) is 6.09. The number of hydrogen-bond acceptors (Lipinski definition) is 8. The molecular formula is C19H20N6O6. The van der Waals surface area contributed by atoms with E-state index in [2.05, 4.69) is 36.2 Å². The van der Waals surface area contributed by atoms with Crippen LogP contribution in [-0.4, -0.2) is 53.0 Å². The van der Waals surface area contributed by atoms with E-state index in [0.29, 0.717) is 11.1 Å². The largest absolute Gasteiger partial charge is 0.477 e. The standard InChI is InChI=1S/C19H20N6O6/c1-25-10-13(12(6-7-20)11-5-4-8-21-9-11)14(15(25)16(26)27)22-17(23-18(28)30-2)24-19(29)31-3/h4-5,8-10,12H,6H2,1-3H3,(H,26,27)(H2,22,23,24,28,29). The Kier molecular flexibility index (Phi) is 7.68. The van der Waals surface area contributed by atoms with Gasteiger partial charge in [0, 0.05) is 43.5 Å². The number of nitriles is 1. The lowest BCUT2D eigenvalue weighted by molar-refractivity contribution is 0.0687. The van der Waals surface area contributed by atoms with Crippen LogP contribution in [0.5, 0.6) is 0 Å². The molecule has 2 amide bonds. The number of pyridine rings is 1. The number of aromatic nitrogens is 2. The lowest BCUT2D eigenvalue weighted by Crippen LogP contribution is -2.43. The Morgan fingerprint density at radius 2 is 1.94 bits per heavy atom. The fourth-order valence-corrected chi connectivity index (χ4v) is 2.84. The molecule has 2 heterocycles. The normalized spacial score (nSPS) is 10.9. The van der Waals surface area contributed by atoms with Gasteiger partial charge in [-0.2, -0.15) is 5.26 Å². The summed E-state index contributed by atoms with van der Waals surface area (Å²) in [6.07, 6.45) is 2.74. The molecule has 0 fully saturated rings. The SMILES string of the molecule is COC(=O)NC(=Nc1c(C(CC#N)c2cccnc2)cn(C)c1C(=O)O)NC(=O)OC. The molecule has 31 heavy (non-hydrogen) atoms. The van der Waals surface area contributed by atoms with Crippen LogP contribution in [-0.2, 0) is 16.5 Å². The first-order chi connectivity index (χ1) is 14.8. The number of carbonyl (C=O) groups excluding carboxylic acids is 2. The van der Waals surface area contributed by atoms with E-state index in [0.717, 1.165) is 14.2 Å². The minimum absolute atomic E-state index is 0.00147. The summed E-state index contributed by atoms with van der Waals surface area (Å²) in [5.41, 5.74) is 0.747. The Morgan fingerprint density at radius 1 is 1.29 bits per heavy atom. The van der Waals surface area contributed by atoms with Gasteiger partial charge in [0.15, 0.2) is 5.69 Å². The summed E-state index contributed by atoms with van der Waals surface area (Å²) < 4.78 is 10.3. The zero-order chi connectivity index (χ0) is 23.0. The van der Waals surface area contributed by atoms with E-state index >= 15 is 0 Å². The molecule has 0 radical (unpaired) electrons. The number of rotatable bonds is 5. The van der Waals surface area contributed by atoms with Crippen molar-refractivity contribution in [1.82, 2.24) is 20.2 Å². The molecule has 2 aromatic rings. The topological polar surface area (TPSA) is 168 Å². The molecule has 162 valence electrons. The monoisotopic (exact) mass is 428 g/mol. The summed E-state index contributed by atoms with van der Waals surface area (Å²) in [6.45, 7) is 0. The van der Waals surface area contributed by atoms with Gasteiger partial charge in [-0.15, -0.1) is 0 Å². The van der Waals surface area contributed by atoms with E-state index < -0.39 is 30.0 Å². The van der Waals surface area contributed by atoms with Crippen LogP contribution in [0.4, 0.5) is 15.3 Å². The summed E-state index contributed by atoms with van der Waals surface area (Å²) in [7, 11) is 3.71. The molecule has 0 aromatic carbocycles. The van der Waals surface area contributed by atoms with Crippen molar-refractivity contribution < 1.29 is 29.0 Å². The number of carbonyl (C=O) groups is 3. The van der Waals surface area contributed by atoms with Crippen LogP contribution in [0.2, 0.25) is 0 Å². The van der Waals surface area contributed by atoms with E-state index in [4.69, 9.17) is 0 Å². The van der Waals surface area contributed by atoms with Crippen LogP contribution in [0.3, 0.4) is 0 Å². The van der Waals surface area contributed by atoms with Crippen molar-refractivity contribution in [1.29, 1.82) is 5.26 Å². The van der Waals surface area contributed by atoms with Crippen molar-refractivity contribution in [3.8, 4) is 6.07 Å². The lowest BCUT2D eigenvalue weighted by atomic mass is 9.90. The summed E-state index contributed by atoms with van der Waals surface area (Å²) in [5.74, 6) is -2.30. The minimum atomic E-state index is -1.30. The average Bonchev–Trinajstić information content (AvgIpc) is 3.07. The average molecular weight is 428 g/mol. The summed E-state index contributed by atoms with van der Waals surface area (Å²) in [6, 6.07) is 5.51. The molecule has 12 heteroatoms. The number of carboxylic acid groups (broad SMARTS) is 1. The Hall–Kier alpha value is -4.40. The second kappa shape index (κ2) is 10.4. The van der Waals surface area contributed by atoms with Gasteiger partial charge in [-0.25, -0.2) is 19.4 Å². The third kappa shape index (κ3) is 5.57. The molecule has 0 saturated carbocycles. The lowest BCUT2D eigenvalue weighted by Gasteiger charge is -2.15. The Balaban J connectivity index is 2.71. The number of aliphatic imine (C=N–C) groups is 1. The number of nitrogens with one attached hydrogen (secondary N) is 2. The third-order valence-electron chi connectivity index (χ3n) is 4.18. The predicted octanol–water partition coefficient (Wildman–Crippen LogP) is 1.86. The van der Waals surface area contributed by atoms with E-state index in [1.54, 1.807) is 24.5 Å². The molecule has 2 rings (SSSR count). The third-order valence-corrected chi connectivity index (χ3v) is 4.18. The maximum atomic E-state index is 11.9. The fraction of sp³-hybridized carbons (Fsp3) is 0.263. The number of hydrogen-bond donors (Lipinski definition) is 3. The number of alkyl carbamates (subject to hydrolysis) is 2. The Bertz CT molecular complexity index is 1020. The van der Waals surface area contributed by atoms with Crippen molar-refractivity contribution in [2.24, 2.45) is 12.0 Å². The number of ether oxygens (including phenoxy) is 2. The van der Waals surface area contributed by atoms with Crippen LogP contribution in [0.15, 0.2) is 35.7 Å². The highest BCUT2D eigenvalue weighted by atomic mass is 16.5. The molecule has 3 N–H and O–H groups in total. The molecule has 12 nitrogen and oxygen atoms in total. The highest BCUT2D eigenvalue weighted by Crippen LogP contribution is 2.37. The van der Waals surface area contributed by atoms with Crippen LogP contribution in [0, 0.1) is 11.3 Å². The maximum absolute atomic E-state index is 11.9. The summed E-state index contributed by atoms with van der Waals surface area (Å²) >= 11 is 0. The summed E-state index contributed by atoms with van der Waals surface area (Å²) in [5, 5.41) is 23.4. The number of methoxy groups -OCH3 is 2. The molecule has 0 bridgehead atoms. The van der Waals surface area contributed by atoms with Gasteiger partial charge in [0.1, 0.15) is 5.69 Å². The number of guanidine groups is 1. The van der Waals surface area contributed by atoms with Gasteiger partial charge in [0.05, 0.1) is 20.3 Å². The molecule has 0 aliphatic heterocycles. The van der Waals surface area contributed by atoms with E-state index in [-0.39, 0.29) is 17.8 Å². The van der Waals surface area contributed by atoms with Crippen LogP contribution < -0.4 is 10.6 Å². The van der Waals surface area contributed by atoms with Crippen molar-refractivity contribution >= 4 is 29.8 Å². The first-order valence-electron chi connectivity index (χ1n) is 8.80. The van der Waals surface area contributed by atoms with Gasteiger partial charge in [-0.05, 0) is 11.6 Å². The Morgan fingerprint density at radius 3 is 2.42 bits per heavy atom. The number of aryl methyl sites for hydroxylation is 1. The smallest absolute Gasteiger partial charge is 0.413 e. The second-order valence-corrected chi connectivity index (χ2v) is 6.09. The van der Waals surface area contributed by atoms with Gasteiger partial charge in [0.2, 0.25) is 5.96 Å². The quantitative estimate of drug-likeness (QED) is 0.479. The zero-order valence-corrected chi connectivity index (χ0v) is 16.9. The highest BCUT2D eigenvalue weighted by Gasteiger charge is 2.27. The number of carboxylic acids is 1. The fourth-order valence-electron chi connectivity index (χ4n) is 2.84. The number of nitrogens with zero attached hydrogens (tertiary/aromatic N) is 4. The molecule has 2 aromatic heterocycles. The molecule has 0 aliphatic carbocycles. The first-order valence-corrected chi connectivity index (χ1v) is 8.80. The first kappa shape index (κ1) is 22.9. The van der Waals surface area contributed by atoms with E-state index in [9.17, 15) is 24.8 Å². The van der Waals surface area contributed by atoms with Crippen LogP contribution in [0.1, 0.15) is 34.0 Å². The number of aromatic carboxylic acids is 1. The highest BCUT2D eigenvalue weighted by molar-refractivity contribution is 6.04. The molecule has 1 atom stereocenters. The van der Waals surface area contributed by atoms with Gasteiger partial charge in [-0.1, -0.05) is 6.07 Å². The molecule has 0 aliphatic rings. The minimum Gasteiger partial charge on any atom is -0.477 e. The molecule has 1 unspecified atom stereocenters. The molecule has 0 saturated heterocycles. The van der Waals surface area contributed by atoms with Gasteiger partial charge >= 0.3 is 18.2 Å². The molecular weight excluding hydrogens is 408 g/mol. The van der Waals surface area contributed by atoms with Gasteiger partial charge < -0.3 is 19.1 Å². The van der Waals surface area contributed by atoms with E-state index in [1.165, 1.54) is 17.8 Å². The Labute approximate surface area is 177 Å². The van der Waals surface area contributed by atoms with Gasteiger partial charge in [-0.3, -0.25) is 15.6 Å². The van der Waals surface area contributed by atoms with Crippen LogP contribution >= 0.6 is 0 Å². The zero-order valence-electron chi connectivity index (χ0n) is 16.9. The van der Waals surface area contributed by atoms with Crippen molar-refractivity contribution in [2.45, 2.75) is 12.3 Å². The predicted molar refractivity (Wildman–Crippen MR) is 107 cm³/mol. The molecule has 0 spiro atoms. The van der Waals surface area contributed by atoms with E-state index in [1.807, 2.05) is 0 Å². The maximum Gasteiger partial charge on any atom is 0.413 e. The summed E-state index contributed by atoms with van der Waals surface area (Å²) in [4.78, 5) is 43.5. The van der Waals surface area contributed by atoms with Crippen molar-refractivity contribution in [2.75, 3.05) is 14.2 Å². The number of amides is 2. The van der Waals surface area contributed by atoms with Crippen molar-refractivity contribution in [3.05, 3.63) is 47.5 Å². The van der Waals surface area contributed by atoms with Gasteiger partial charge in [0.25, 0.3) is 0 Å². The van der Waals surface area contributed by atoms with Crippen molar-refractivity contribution in [3.63, 3.8) is 0 Å². The van der Waals surface area contributed by atoms with Crippen LogP contribution in [0.25, 0.3) is 0 Å².